The molecule has 1 aliphatic rings. The summed E-state index contributed by atoms with van der Waals surface area (Å²) in [6, 6.07) is 0. The van der Waals surface area contributed by atoms with E-state index in [1.165, 1.54) is 4.68 Å². The molecule has 0 unspecified atom stereocenters. The van der Waals surface area contributed by atoms with Gasteiger partial charge < -0.3 is 4.90 Å². The number of nitro groups is 1. The Kier molecular flexibility index (Phi) is 4.80. The van der Waals surface area contributed by atoms with Crippen molar-refractivity contribution < 1.29 is 4.92 Å². The SMILES string of the molecule is Cc1nn(-c2nnc(N=Nc3nnc(N4CC(C)([N+](=O)[O-])C4)nn3)nn2)c(C)c1Br. The summed E-state index contributed by atoms with van der Waals surface area (Å²) in [4.78, 5) is 12.2. The van der Waals surface area contributed by atoms with E-state index in [0.29, 0.717) is 0 Å². The Morgan fingerprint density at radius 1 is 0.967 bits per heavy atom. The Balaban J connectivity index is 1.42. The van der Waals surface area contributed by atoms with Gasteiger partial charge in [-0.25, -0.2) is 0 Å². The number of aromatic nitrogens is 10. The maximum Gasteiger partial charge on any atom is 0.306 e. The molecule has 17 heteroatoms. The fourth-order valence-corrected chi connectivity index (χ4v) is 2.92. The lowest BCUT2D eigenvalue weighted by Crippen LogP contribution is -2.64. The highest BCUT2D eigenvalue weighted by Crippen LogP contribution is 2.26. The smallest absolute Gasteiger partial charge is 0.306 e. The first kappa shape index (κ1) is 19.7. The molecule has 4 rings (SSSR count). The monoisotopic (exact) mass is 476 g/mol. The van der Waals surface area contributed by atoms with E-state index >= 15 is 0 Å². The van der Waals surface area contributed by atoms with Gasteiger partial charge in [-0.1, -0.05) is 0 Å². The zero-order chi connectivity index (χ0) is 21.5. The molecule has 0 saturated carbocycles. The molecule has 0 spiro atoms. The number of nitrogens with zero attached hydrogens (tertiary/aromatic N) is 14. The number of azo groups is 1. The predicted octanol–water partition coefficient (Wildman–Crippen LogP) is 0.682. The lowest BCUT2D eigenvalue weighted by molar-refractivity contribution is -0.568. The molecule has 0 amide bonds. The quantitative estimate of drug-likeness (QED) is 0.284. The highest BCUT2D eigenvalue weighted by atomic mass is 79.9. The van der Waals surface area contributed by atoms with Crippen molar-refractivity contribution >= 4 is 33.8 Å². The highest BCUT2D eigenvalue weighted by molar-refractivity contribution is 9.10. The summed E-state index contributed by atoms with van der Waals surface area (Å²) >= 11 is 3.42. The predicted molar refractivity (Wildman–Crippen MR) is 101 cm³/mol. The molecule has 1 fully saturated rings. The van der Waals surface area contributed by atoms with Crippen LogP contribution < -0.4 is 4.90 Å². The zero-order valence-corrected chi connectivity index (χ0v) is 17.5. The van der Waals surface area contributed by atoms with Crippen LogP contribution >= 0.6 is 15.9 Å². The third-order valence-electron chi connectivity index (χ3n) is 4.32. The Bertz CT molecular complexity index is 1120. The molecule has 0 aromatic carbocycles. The summed E-state index contributed by atoms with van der Waals surface area (Å²) in [5.74, 6) is 0.108. The van der Waals surface area contributed by atoms with Gasteiger partial charge in [0.1, 0.15) is 0 Å². The van der Waals surface area contributed by atoms with Crippen molar-refractivity contribution in [3.8, 4) is 5.95 Å². The fourth-order valence-electron chi connectivity index (χ4n) is 2.67. The van der Waals surface area contributed by atoms with E-state index in [1.54, 1.807) is 11.8 Å². The van der Waals surface area contributed by atoms with Gasteiger partial charge in [0.05, 0.1) is 29.0 Å². The first-order chi connectivity index (χ1) is 14.3. The van der Waals surface area contributed by atoms with E-state index in [-0.39, 0.29) is 41.8 Å². The molecule has 0 aliphatic carbocycles. The van der Waals surface area contributed by atoms with Crippen LogP contribution in [-0.2, 0) is 0 Å². The maximum absolute atomic E-state index is 10.9. The molecule has 4 heterocycles. The topological polar surface area (TPSA) is 192 Å². The van der Waals surface area contributed by atoms with E-state index in [4.69, 9.17) is 0 Å². The average Bonchev–Trinajstić information content (AvgIpc) is 2.98. The normalized spacial score (nSPS) is 15.4. The molecule has 3 aromatic rings. The van der Waals surface area contributed by atoms with E-state index in [9.17, 15) is 10.1 Å². The fraction of sp³-hybridized carbons (Fsp3) is 0.462. The molecule has 1 saturated heterocycles. The van der Waals surface area contributed by atoms with Crippen LogP contribution in [0.3, 0.4) is 0 Å². The summed E-state index contributed by atoms with van der Waals surface area (Å²) in [7, 11) is 0. The van der Waals surface area contributed by atoms with Crippen molar-refractivity contribution in [2.24, 2.45) is 10.2 Å². The standard InChI is InChI=1S/C13H13BrN14O2/c1-6-8(14)7(2)27(25-6)12-23-19-10(20-24-12)16-15-9-17-21-11(22-18-9)26-4-13(3,5-26)28(29)30/h4-5H2,1-3H3. The number of halogens is 1. The second-order valence-electron chi connectivity index (χ2n) is 6.71. The Morgan fingerprint density at radius 3 is 1.90 bits per heavy atom. The molecule has 154 valence electrons. The van der Waals surface area contributed by atoms with Crippen molar-refractivity contribution in [2.75, 3.05) is 18.0 Å². The Labute approximate surface area is 176 Å². The minimum absolute atomic E-state index is 0.114. The van der Waals surface area contributed by atoms with Gasteiger partial charge in [-0.3, -0.25) is 10.1 Å². The van der Waals surface area contributed by atoms with Gasteiger partial charge in [0.25, 0.3) is 17.4 Å². The average molecular weight is 477 g/mol. The third kappa shape index (κ3) is 3.53. The first-order valence-corrected chi connectivity index (χ1v) is 9.24. The Morgan fingerprint density at radius 2 is 1.47 bits per heavy atom. The summed E-state index contributed by atoms with van der Waals surface area (Å²) in [6.07, 6.45) is 0. The third-order valence-corrected chi connectivity index (χ3v) is 5.47. The van der Waals surface area contributed by atoms with Crippen molar-refractivity contribution in [3.05, 3.63) is 26.0 Å². The first-order valence-electron chi connectivity index (χ1n) is 8.45. The number of anilines is 1. The number of hydrogen-bond acceptors (Lipinski definition) is 14. The van der Waals surface area contributed by atoms with Gasteiger partial charge in [0.2, 0.25) is 0 Å². The lowest BCUT2D eigenvalue weighted by atomic mass is 9.94. The van der Waals surface area contributed by atoms with Gasteiger partial charge in [-0.2, -0.15) is 9.78 Å². The summed E-state index contributed by atoms with van der Waals surface area (Å²) < 4.78 is 2.34. The molecule has 30 heavy (non-hydrogen) atoms. The van der Waals surface area contributed by atoms with Crippen molar-refractivity contribution in [2.45, 2.75) is 26.3 Å². The van der Waals surface area contributed by atoms with E-state index < -0.39 is 5.54 Å². The number of aryl methyl sites for hydroxylation is 1. The van der Waals surface area contributed by atoms with Crippen molar-refractivity contribution in [1.82, 2.24) is 50.6 Å². The molecule has 0 atom stereocenters. The van der Waals surface area contributed by atoms with Crippen LogP contribution in [0.1, 0.15) is 18.3 Å². The van der Waals surface area contributed by atoms with E-state index in [0.717, 1.165) is 15.9 Å². The molecule has 16 nitrogen and oxygen atoms in total. The number of hydrogen-bond donors (Lipinski definition) is 0. The maximum atomic E-state index is 10.9. The van der Waals surface area contributed by atoms with Crippen LogP contribution in [-0.4, -0.2) is 74.1 Å². The molecular formula is C13H13BrN14O2. The molecule has 3 aromatic heterocycles. The van der Waals surface area contributed by atoms with Gasteiger partial charge in [0, 0.05) is 11.8 Å². The lowest BCUT2D eigenvalue weighted by Gasteiger charge is -2.40. The minimum Gasteiger partial charge on any atom is -0.324 e. The number of rotatable bonds is 5. The second kappa shape index (κ2) is 7.32. The van der Waals surface area contributed by atoms with Gasteiger partial charge in [0.15, 0.2) is 0 Å². The van der Waals surface area contributed by atoms with Crippen LogP contribution in [0.15, 0.2) is 14.7 Å². The van der Waals surface area contributed by atoms with Crippen molar-refractivity contribution in [3.63, 3.8) is 0 Å². The van der Waals surface area contributed by atoms with Gasteiger partial charge in [-0.05, 0) is 29.8 Å². The molecular weight excluding hydrogens is 464 g/mol. The van der Waals surface area contributed by atoms with Crippen LogP contribution in [0.4, 0.5) is 17.8 Å². The van der Waals surface area contributed by atoms with E-state index in [2.05, 4.69) is 72.0 Å². The van der Waals surface area contributed by atoms with Gasteiger partial charge in [-0.15, -0.1) is 51.0 Å². The van der Waals surface area contributed by atoms with Gasteiger partial charge >= 0.3 is 11.9 Å². The van der Waals surface area contributed by atoms with Crippen molar-refractivity contribution in [1.29, 1.82) is 0 Å². The van der Waals surface area contributed by atoms with Crippen LogP contribution in [0.25, 0.3) is 5.95 Å². The van der Waals surface area contributed by atoms with E-state index in [1.807, 2.05) is 13.8 Å². The second-order valence-corrected chi connectivity index (χ2v) is 7.50. The zero-order valence-electron chi connectivity index (χ0n) is 15.9. The van der Waals surface area contributed by atoms with Crippen LogP contribution in [0.5, 0.6) is 0 Å². The molecule has 0 N–H and O–H groups in total. The summed E-state index contributed by atoms with van der Waals surface area (Å²) in [6.45, 7) is 5.59. The molecule has 1 aliphatic heterocycles. The minimum atomic E-state index is -1.02. The van der Waals surface area contributed by atoms with Crippen LogP contribution in [0, 0.1) is 24.0 Å². The highest BCUT2D eigenvalue weighted by Gasteiger charge is 2.51. The summed E-state index contributed by atoms with van der Waals surface area (Å²) in [5, 5.41) is 53.4. The largest absolute Gasteiger partial charge is 0.324 e. The molecule has 0 bridgehead atoms. The molecule has 0 radical (unpaired) electrons. The van der Waals surface area contributed by atoms with Crippen LogP contribution in [0.2, 0.25) is 0 Å². The summed E-state index contributed by atoms with van der Waals surface area (Å²) in [5.41, 5.74) is 0.563. The Hall–Kier alpha value is -3.63.